The summed E-state index contributed by atoms with van der Waals surface area (Å²) in [4.78, 5) is 26.4. The Morgan fingerprint density at radius 2 is 1.61 bits per heavy atom. The topological polar surface area (TPSA) is 86.8 Å². The van der Waals surface area contributed by atoms with Gasteiger partial charge in [-0.25, -0.2) is 8.42 Å². The first-order chi connectivity index (χ1) is 15.8. The van der Waals surface area contributed by atoms with Crippen molar-refractivity contribution in [2.45, 2.75) is 69.4 Å². The standard InChI is InChI=1S/C25H31N3O4S/c1-18-5-3-6-19(2)28(18)33(31,32)23-14-10-21(11-15-23)26-24(29)17-20-8-12-22(13-9-20)27-16-4-7-25(27)30/h8-15,18-19H,3-7,16-17H2,1-2H3,(H,26,29)/t18-,19-/m1/s1. The number of benzene rings is 2. The summed E-state index contributed by atoms with van der Waals surface area (Å²) >= 11 is 0. The van der Waals surface area contributed by atoms with Crippen LogP contribution in [0.3, 0.4) is 0 Å². The Labute approximate surface area is 195 Å². The quantitative estimate of drug-likeness (QED) is 0.694. The zero-order chi connectivity index (χ0) is 23.6. The molecule has 0 saturated carbocycles. The van der Waals surface area contributed by atoms with Crippen LogP contribution >= 0.6 is 0 Å². The van der Waals surface area contributed by atoms with E-state index in [0.717, 1.165) is 43.5 Å². The fourth-order valence-corrected chi connectivity index (χ4v) is 6.69. The first-order valence-corrected chi connectivity index (χ1v) is 13.0. The SMILES string of the molecule is C[C@@H]1CCC[C@@H](C)N1S(=O)(=O)c1ccc(NC(=O)Cc2ccc(N3CCCC3=O)cc2)cc1. The lowest BCUT2D eigenvalue weighted by Crippen LogP contribution is -2.47. The van der Waals surface area contributed by atoms with E-state index >= 15 is 0 Å². The average Bonchev–Trinajstić information content (AvgIpc) is 3.20. The van der Waals surface area contributed by atoms with E-state index in [9.17, 15) is 18.0 Å². The second-order valence-corrected chi connectivity index (χ2v) is 10.9. The van der Waals surface area contributed by atoms with Gasteiger partial charge in [-0.2, -0.15) is 4.31 Å². The van der Waals surface area contributed by atoms with Crippen molar-refractivity contribution in [1.29, 1.82) is 0 Å². The smallest absolute Gasteiger partial charge is 0.243 e. The summed E-state index contributed by atoms with van der Waals surface area (Å²) in [7, 11) is -3.58. The van der Waals surface area contributed by atoms with Gasteiger partial charge in [0.15, 0.2) is 0 Å². The highest BCUT2D eigenvalue weighted by Gasteiger charge is 2.35. The molecule has 0 radical (unpaired) electrons. The minimum atomic E-state index is -3.58. The Balaban J connectivity index is 1.37. The first kappa shape index (κ1) is 23.4. The van der Waals surface area contributed by atoms with Crippen LogP contribution in [0.2, 0.25) is 0 Å². The molecule has 4 rings (SSSR count). The van der Waals surface area contributed by atoms with E-state index in [1.54, 1.807) is 33.5 Å². The van der Waals surface area contributed by atoms with Crippen LogP contribution in [0.1, 0.15) is 51.5 Å². The Kier molecular flexibility index (Phi) is 6.86. The molecule has 8 heteroatoms. The number of carbonyl (C=O) groups is 2. The number of nitrogens with zero attached hydrogens (tertiary/aromatic N) is 2. The van der Waals surface area contributed by atoms with E-state index < -0.39 is 10.0 Å². The van der Waals surface area contributed by atoms with Gasteiger partial charge in [0, 0.05) is 36.4 Å². The summed E-state index contributed by atoms with van der Waals surface area (Å²) in [5.41, 5.74) is 2.25. The number of nitrogens with one attached hydrogen (secondary N) is 1. The molecule has 2 aromatic rings. The lowest BCUT2D eigenvalue weighted by molar-refractivity contribution is -0.117. The molecule has 33 heavy (non-hydrogen) atoms. The number of carbonyl (C=O) groups excluding carboxylic acids is 2. The molecule has 2 aliphatic heterocycles. The zero-order valence-electron chi connectivity index (χ0n) is 19.2. The molecule has 2 saturated heterocycles. The van der Waals surface area contributed by atoms with Crippen LogP contribution in [0.5, 0.6) is 0 Å². The van der Waals surface area contributed by atoms with Gasteiger partial charge in [-0.15, -0.1) is 0 Å². The minimum Gasteiger partial charge on any atom is -0.326 e. The Morgan fingerprint density at radius 3 is 2.18 bits per heavy atom. The van der Waals surface area contributed by atoms with E-state index in [-0.39, 0.29) is 35.2 Å². The van der Waals surface area contributed by atoms with Gasteiger partial charge in [0.25, 0.3) is 0 Å². The summed E-state index contributed by atoms with van der Waals surface area (Å²) in [6.07, 6.45) is 4.43. The normalized spacial score (nSPS) is 21.9. The molecule has 2 atom stereocenters. The third kappa shape index (κ3) is 5.12. The molecule has 2 amide bonds. The number of sulfonamides is 1. The molecule has 7 nitrogen and oxygen atoms in total. The Morgan fingerprint density at radius 1 is 0.970 bits per heavy atom. The molecule has 2 aliphatic rings. The van der Waals surface area contributed by atoms with E-state index in [2.05, 4.69) is 5.32 Å². The van der Waals surface area contributed by atoms with Crippen LogP contribution in [-0.2, 0) is 26.0 Å². The molecule has 0 unspecified atom stereocenters. The van der Waals surface area contributed by atoms with Gasteiger partial charge in [-0.05, 0) is 75.1 Å². The third-order valence-electron chi connectivity index (χ3n) is 6.51. The van der Waals surface area contributed by atoms with Crippen LogP contribution in [-0.4, -0.2) is 43.2 Å². The largest absolute Gasteiger partial charge is 0.326 e. The van der Waals surface area contributed by atoms with Crippen LogP contribution < -0.4 is 10.2 Å². The van der Waals surface area contributed by atoms with E-state index in [1.807, 2.05) is 38.1 Å². The third-order valence-corrected chi connectivity index (χ3v) is 8.65. The second kappa shape index (κ2) is 9.65. The maximum absolute atomic E-state index is 13.1. The summed E-state index contributed by atoms with van der Waals surface area (Å²) in [6.45, 7) is 4.65. The van der Waals surface area contributed by atoms with Gasteiger partial charge >= 0.3 is 0 Å². The monoisotopic (exact) mass is 469 g/mol. The van der Waals surface area contributed by atoms with Gasteiger partial charge < -0.3 is 10.2 Å². The molecule has 176 valence electrons. The minimum absolute atomic E-state index is 0.0203. The summed E-state index contributed by atoms with van der Waals surface area (Å²) < 4.78 is 27.9. The van der Waals surface area contributed by atoms with Crippen molar-refractivity contribution in [3.63, 3.8) is 0 Å². The Hall–Kier alpha value is -2.71. The second-order valence-electron chi connectivity index (χ2n) is 9.03. The predicted octanol–water partition coefficient (Wildman–Crippen LogP) is 3.95. The van der Waals surface area contributed by atoms with E-state index in [0.29, 0.717) is 12.1 Å². The molecule has 0 spiro atoms. The highest BCUT2D eigenvalue weighted by Crippen LogP contribution is 2.30. The van der Waals surface area contributed by atoms with Crippen molar-refractivity contribution in [2.75, 3.05) is 16.8 Å². The van der Waals surface area contributed by atoms with Crippen LogP contribution in [0.4, 0.5) is 11.4 Å². The molecular weight excluding hydrogens is 438 g/mol. The van der Waals surface area contributed by atoms with Crippen LogP contribution in [0.15, 0.2) is 53.4 Å². The number of hydrogen-bond acceptors (Lipinski definition) is 4. The molecule has 2 fully saturated rings. The molecule has 2 aromatic carbocycles. The zero-order valence-corrected chi connectivity index (χ0v) is 20.0. The fourth-order valence-electron chi connectivity index (χ4n) is 4.81. The van der Waals surface area contributed by atoms with Gasteiger partial charge in [0.2, 0.25) is 21.8 Å². The molecule has 2 heterocycles. The number of piperidine rings is 1. The molecular formula is C25H31N3O4S. The molecule has 0 bridgehead atoms. The Bertz CT molecular complexity index is 1100. The maximum Gasteiger partial charge on any atom is 0.243 e. The number of amides is 2. The van der Waals surface area contributed by atoms with Crippen molar-refractivity contribution < 1.29 is 18.0 Å². The van der Waals surface area contributed by atoms with Gasteiger partial charge in [0.05, 0.1) is 11.3 Å². The average molecular weight is 470 g/mol. The van der Waals surface area contributed by atoms with Gasteiger partial charge in [-0.3, -0.25) is 9.59 Å². The molecule has 1 N–H and O–H groups in total. The summed E-state index contributed by atoms with van der Waals surface area (Å²) in [5.74, 6) is -0.0518. The first-order valence-electron chi connectivity index (χ1n) is 11.6. The van der Waals surface area contributed by atoms with E-state index in [4.69, 9.17) is 0 Å². The summed E-state index contributed by atoms with van der Waals surface area (Å²) in [5, 5.41) is 2.83. The van der Waals surface area contributed by atoms with Crippen molar-refractivity contribution in [2.24, 2.45) is 0 Å². The molecule has 0 aromatic heterocycles. The van der Waals surface area contributed by atoms with Crippen molar-refractivity contribution in [3.8, 4) is 0 Å². The maximum atomic E-state index is 13.1. The van der Waals surface area contributed by atoms with Crippen molar-refractivity contribution >= 4 is 33.2 Å². The summed E-state index contributed by atoms with van der Waals surface area (Å²) in [6, 6.07) is 13.8. The fraction of sp³-hybridized carbons (Fsp3) is 0.440. The van der Waals surface area contributed by atoms with Crippen molar-refractivity contribution in [1.82, 2.24) is 4.31 Å². The molecule has 0 aliphatic carbocycles. The lowest BCUT2D eigenvalue weighted by atomic mass is 10.0. The van der Waals surface area contributed by atoms with Gasteiger partial charge in [0.1, 0.15) is 0 Å². The van der Waals surface area contributed by atoms with Crippen molar-refractivity contribution in [3.05, 3.63) is 54.1 Å². The number of hydrogen-bond donors (Lipinski definition) is 1. The van der Waals surface area contributed by atoms with Gasteiger partial charge in [-0.1, -0.05) is 18.6 Å². The van der Waals surface area contributed by atoms with E-state index in [1.165, 1.54) is 0 Å². The predicted molar refractivity (Wildman–Crippen MR) is 129 cm³/mol. The number of anilines is 2. The lowest BCUT2D eigenvalue weighted by Gasteiger charge is -2.37. The number of rotatable bonds is 6. The highest BCUT2D eigenvalue weighted by molar-refractivity contribution is 7.89. The van der Waals surface area contributed by atoms with Crippen LogP contribution in [0.25, 0.3) is 0 Å². The van der Waals surface area contributed by atoms with Crippen LogP contribution in [0, 0.1) is 0 Å². The highest BCUT2D eigenvalue weighted by atomic mass is 32.2.